The van der Waals surface area contributed by atoms with Crippen LogP contribution in [0.1, 0.15) is 90.4 Å². The highest BCUT2D eigenvalue weighted by Crippen LogP contribution is 2.21. The number of esters is 1. The maximum atomic E-state index is 11.6. The van der Waals surface area contributed by atoms with Crippen molar-refractivity contribution in [1.29, 1.82) is 0 Å². The highest BCUT2D eigenvalue weighted by atomic mass is 16.5. The van der Waals surface area contributed by atoms with Gasteiger partial charge < -0.3 is 4.74 Å². The lowest BCUT2D eigenvalue weighted by molar-refractivity contribution is -0.146. The van der Waals surface area contributed by atoms with Crippen LogP contribution in [0.3, 0.4) is 0 Å². The van der Waals surface area contributed by atoms with Gasteiger partial charge in [0.25, 0.3) is 0 Å². The third kappa shape index (κ3) is 9.07. The number of ether oxygens (including phenoxy) is 1. The standard InChI is InChI=1S/C17H31O2/c1-2-3-4-5-6-7-8-12-15-17(18)19-16-13-10-9-11-14-16/h15-16H,2-14H2,1H3. The molecule has 0 spiro atoms. The second kappa shape index (κ2) is 11.3. The Labute approximate surface area is 119 Å². The monoisotopic (exact) mass is 267 g/mol. The molecule has 0 aliphatic heterocycles. The lowest BCUT2D eigenvalue weighted by Crippen LogP contribution is -2.20. The second-order valence-electron chi connectivity index (χ2n) is 5.81. The molecule has 0 N–H and O–H groups in total. The van der Waals surface area contributed by atoms with Crippen molar-refractivity contribution in [2.45, 2.75) is 96.5 Å². The Bertz CT molecular complexity index is 219. The van der Waals surface area contributed by atoms with E-state index in [9.17, 15) is 4.79 Å². The zero-order chi connectivity index (χ0) is 13.8. The first-order valence-corrected chi connectivity index (χ1v) is 8.36. The molecule has 1 aliphatic carbocycles. The minimum Gasteiger partial charge on any atom is -0.462 e. The van der Waals surface area contributed by atoms with Gasteiger partial charge in [0.2, 0.25) is 0 Å². The predicted octanol–water partition coefficient (Wildman–Crippen LogP) is 5.21. The van der Waals surface area contributed by atoms with Crippen molar-refractivity contribution in [3.8, 4) is 0 Å². The molecule has 0 unspecified atom stereocenters. The van der Waals surface area contributed by atoms with Gasteiger partial charge >= 0.3 is 5.97 Å². The van der Waals surface area contributed by atoms with Crippen molar-refractivity contribution in [1.82, 2.24) is 0 Å². The molecule has 0 aromatic rings. The number of carbonyl (C=O) groups is 1. The summed E-state index contributed by atoms with van der Waals surface area (Å²) >= 11 is 0. The molecule has 0 heterocycles. The molecule has 0 saturated heterocycles. The SMILES string of the molecule is CCCCCCCCC[CH]C(=O)OC1CCCCC1. The van der Waals surface area contributed by atoms with Gasteiger partial charge in [-0.25, -0.2) is 0 Å². The molecule has 0 bridgehead atoms. The Kier molecular flexibility index (Phi) is 9.84. The van der Waals surface area contributed by atoms with Gasteiger partial charge in [0.1, 0.15) is 6.10 Å². The molecule has 0 atom stereocenters. The van der Waals surface area contributed by atoms with Crippen LogP contribution >= 0.6 is 0 Å². The molecule has 1 rings (SSSR count). The van der Waals surface area contributed by atoms with Gasteiger partial charge in [0, 0.05) is 0 Å². The minimum absolute atomic E-state index is 0.0853. The Morgan fingerprint density at radius 3 is 2.32 bits per heavy atom. The van der Waals surface area contributed by atoms with Gasteiger partial charge in [0.15, 0.2) is 0 Å². The summed E-state index contributed by atoms with van der Waals surface area (Å²) < 4.78 is 5.46. The van der Waals surface area contributed by atoms with Crippen molar-refractivity contribution >= 4 is 5.97 Å². The van der Waals surface area contributed by atoms with E-state index in [1.807, 2.05) is 0 Å². The second-order valence-corrected chi connectivity index (χ2v) is 5.81. The molecule has 1 fully saturated rings. The summed E-state index contributed by atoms with van der Waals surface area (Å²) in [6, 6.07) is 0. The molecule has 2 heteroatoms. The van der Waals surface area contributed by atoms with E-state index in [1.54, 1.807) is 6.42 Å². The summed E-state index contributed by atoms with van der Waals surface area (Å²) in [7, 11) is 0. The van der Waals surface area contributed by atoms with E-state index >= 15 is 0 Å². The van der Waals surface area contributed by atoms with Crippen molar-refractivity contribution < 1.29 is 9.53 Å². The van der Waals surface area contributed by atoms with E-state index < -0.39 is 0 Å². The van der Waals surface area contributed by atoms with Crippen LogP contribution in [0.2, 0.25) is 0 Å². The molecule has 0 amide bonds. The Balaban J connectivity index is 1.87. The zero-order valence-electron chi connectivity index (χ0n) is 12.7. The number of unbranched alkanes of at least 4 members (excludes halogenated alkanes) is 7. The third-order valence-corrected chi connectivity index (χ3v) is 3.95. The Morgan fingerprint density at radius 2 is 1.63 bits per heavy atom. The number of carbonyl (C=O) groups excluding carboxylic acids is 1. The predicted molar refractivity (Wildman–Crippen MR) is 79.9 cm³/mol. The van der Waals surface area contributed by atoms with Crippen LogP contribution in [0, 0.1) is 6.42 Å². The molecule has 1 aliphatic rings. The van der Waals surface area contributed by atoms with Gasteiger partial charge in [-0.3, -0.25) is 4.79 Å². The summed E-state index contributed by atoms with van der Waals surface area (Å²) in [6.07, 6.45) is 17.8. The van der Waals surface area contributed by atoms with Gasteiger partial charge in [0.05, 0.1) is 6.42 Å². The van der Waals surface area contributed by atoms with Crippen LogP contribution in [0.5, 0.6) is 0 Å². The summed E-state index contributed by atoms with van der Waals surface area (Å²) in [5.74, 6) is -0.0853. The maximum Gasteiger partial charge on any atom is 0.310 e. The summed E-state index contributed by atoms with van der Waals surface area (Å²) in [6.45, 7) is 2.24. The lowest BCUT2D eigenvalue weighted by Gasteiger charge is -2.21. The smallest absolute Gasteiger partial charge is 0.310 e. The maximum absolute atomic E-state index is 11.6. The van der Waals surface area contributed by atoms with Crippen molar-refractivity contribution in [2.75, 3.05) is 0 Å². The van der Waals surface area contributed by atoms with Gasteiger partial charge in [-0.1, -0.05) is 58.3 Å². The van der Waals surface area contributed by atoms with Crippen LogP contribution < -0.4 is 0 Å². The van der Waals surface area contributed by atoms with E-state index in [0.717, 1.165) is 25.7 Å². The molecule has 111 valence electrons. The molecular formula is C17H31O2. The van der Waals surface area contributed by atoms with Gasteiger partial charge in [-0.2, -0.15) is 0 Å². The first-order chi connectivity index (χ1) is 9.33. The van der Waals surface area contributed by atoms with Crippen molar-refractivity contribution in [2.24, 2.45) is 0 Å². The number of hydrogen-bond donors (Lipinski definition) is 0. The molecule has 2 nitrogen and oxygen atoms in total. The average Bonchev–Trinajstić information content (AvgIpc) is 2.43. The van der Waals surface area contributed by atoms with Crippen LogP contribution in [-0.2, 0) is 9.53 Å². The van der Waals surface area contributed by atoms with E-state index in [0.29, 0.717) is 0 Å². The van der Waals surface area contributed by atoms with Crippen molar-refractivity contribution in [3.63, 3.8) is 0 Å². The fraction of sp³-hybridized carbons (Fsp3) is 0.882. The first-order valence-electron chi connectivity index (χ1n) is 8.36. The molecule has 1 radical (unpaired) electrons. The van der Waals surface area contributed by atoms with Crippen LogP contribution in [0.25, 0.3) is 0 Å². The fourth-order valence-corrected chi connectivity index (χ4v) is 2.72. The van der Waals surface area contributed by atoms with Crippen LogP contribution in [-0.4, -0.2) is 12.1 Å². The third-order valence-electron chi connectivity index (χ3n) is 3.95. The number of hydrogen-bond acceptors (Lipinski definition) is 2. The largest absolute Gasteiger partial charge is 0.462 e. The average molecular weight is 267 g/mol. The van der Waals surface area contributed by atoms with Crippen molar-refractivity contribution in [3.05, 3.63) is 6.42 Å². The quantitative estimate of drug-likeness (QED) is 0.401. The topological polar surface area (TPSA) is 26.3 Å². The van der Waals surface area contributed by atoms with E-state index in [1.165, 1.54) is 57.8 Å². The Morgan fingerprint density at radius 1 is 1.00 bits per heavy atom. The molecule has 0 aromatic carbocycles. The zero-order valence-corrected chi connectivity index (χ0v) is 12.7. The van der Waals surface area contributed by atoms with E-state index in [4.69, 9.17) is 4.74 Å². The summed E-state index contributed by atoms with van der Waals surface area (Å²) in [5.41, 5.74) is 0. The fourth-order valence-electron chi connectivity index (χ4n) is 2.72. The lowest BCUT2D eigenvalue weighted by atomic mass is 9.98. The van der Waals surface area contributed by atoms with E-state index in [-0.39, 0.29) is 12.1 Å². The summed E-state index contributed by atoms with van der Waals surface area (Å²) in [5, 5.41) is 0. The Hall–Kier alpha value is -0.530. The minimum atomic E-state index is -0.0853. The molecule has 19 heavy (non-hydrogen) atoms. The summed E-state index contributed by atoms with van der Waals surface area (Å²) in [4.78, 5) is 11.6. The van der Waals surface area contributed by atoms with Gasteiger partial charge in [-0.05, 0) is 32.1 Å². The molecule has 1 saturated carbocycles. The van der Waals surface area contributed by atoms with Crippen LogP contribution in [0.4, 0.5) is 0 Å². The van der Waals surface area contributed by atoms with Crippen LogP contribution in [0.15, 0.2) is 0 Å². The first kappa shape index (κ1) is 16.5. The normalized spacial score (nSPS) is 16.5. The van der Waals surface area contributed by atoms with E-state index in [2.05, 4.69) is 6.92 Å². The highest BCUT2D eigenvalue weighted by Gasteiger charge is 2.17. The highest BCUT2D eigenvalue weighted by molar-refractivity contribution is 5.78. The number of rotatable bonds is 10. The molecule has 0 aromatic heterocycles. The molecular weight excluding hydrogens is 236 g/mol. The van der Waals surface area contributed by atoms with Gasteiger partial charge in [-0.15, -0.1) is 0 Å².